The van der Waals surface area contributed by atoms with Crippen molar-refractivity contribution in [2.45, 2.75) is 0 Å². The van der Waals surface area contributed by atoms with E-state index in [1.807, 2.05) is 42.5 Å². The van der Waals surface area contributed by atoms with Crippen molar-refractivity contribution in [1.29, 1.82) is 0 Å². The van der Waals surface area contributed by atoms with Crippen molar-refractivity contribution >= 4 is 27.8 Å². The summed E-state index contributed by atoms with van der Waals surface area (Å²) in [4.78, 5) is 4.04. The lowest BCUT2D eigenvalue weighted by Gasteiger charge is -2.14. The Morgan fingerprint density at radius 1 is 0.792 bits per heavy atom. The number of rotatable bonds is 2. The summed E-state index contributed by atoms with van der Waals surface area (Å²) >= 11 is 0. The third-order valence-corrected chi connectivity index (χ3v) is 4.38. The van der Waals surface area contributed by atoms with E-state index < -0.39 is 0 Å². The molecule has 2 heteroatoms. The Labute approximate surface area is 140 Å². The quantitative estimate of drug-likeness (QED) is 0.389. The second-order valence-electron chi connectivity index (χ2n) is 5.82. The summed E-state index contributed by atoms with van der Waals surface area (Å²) in [5.74, 6) is 0.268. The molecule has 0 heterocycles. The van der Waals surface area contributed by atoms with Crippen molar-refractivity contribution in [3.63, 3.8) is 0 Å². The average Bonchev–Trinajstić information content (AvgIpc) is 2.62. The van der Waals surface area contributed by atoms with E-state index in [4.69, 9.17) is 0 Å². The number of phenolic OH excluding ortho intramolecular Hbond substituents is 1. The largest absolute Gasteiger partial charge is 0.507 e. The minimum absolute atomic E-state index is 0.268. The standard InChI is InChI=1S/C22H17NO/c1-23-14-17-9-6-12-20(22(17)24)21-18-10-4-2-7-15(18)13-16-8-3-5-11-19(16)21/h2-14,24H,1H3. The minimum Gasteiger partial charge on any atom is -0.507 e. The van der Waals surface area contributed by atoms with Crippen LogP contribution in [0.5, 0.6) is 5.75 Å². The summed E-state index contributed by atoms with van der Waals surface area (Å²) in [6.07, 6.45) is 1.69. The fourth-order valence-corrected chi connectivity index (χ4v) is 3.31. The first-order chi connectivity index (χ1) is 11.8. The van der Waals surface area contributed by atoms with Gasteiger partial charge >= 0.3 is 0 Å². The number of nitrogens with zero attached hydrogens (tertiary/aromatic N) is 1. The maximum Gasteiger partial charge on any atom is 0.132 e. The van der Waals surface area contributed by atoms with Crippen LogP contribution in [-0.2, 0) is 0 Å². The van der Waals surface area contributed by atoms with Gasteiger partial charge in [0.1, 0.15) is 5.75 Å². The summed E-state index contributed by atoms with van der Waals surface area (Å²) < 4.78 is 0. The van der Waals surface area contributed by atoms with Crippen LogP contribution in [0.2, 0.25) is 0 Å². The van der Waals surface area contributed by atoms with E-state index in [1.165, 1.54) is 10.8 Å². The molecule has 0 bridgehead atoms. The van der Waals surface area contributed by atoms with Crippen molar-refractivity contribution in [3.05, 3.63) is 78.4 Å². The van der Waals surface area contributed by atoms with Gasteiger partial charge in [-0.1, -0.05) is 60.7 Å². The van der Waals surface area contributed by atoms with E-state index in [1.54, 1.807) is 13.3 Å². The van der Waals surface area contributed by atoms with Crippen LogP contribution in [0.1, 0.15) is 5.56 Å². The molecule has 1 N–H and O–H groups in total. The molecule has 2 nitrogen and oxygen atoms in total. The molecule has 0 unspecified atom stereocenters. The predicted molar refractivity (Wildman–Crippen MR) is 102 cm³/mol. The number of hydrogen-bond acceptors (Lipinski definition) is 2. The second-order valence-corrected chi connectivity index (χ2v) is 5.82. The van der Waals surface area contributed by atoms with Gasteiger partial charge in [0.2, 0.25) is 0 Å². The molecule has 0 aliphatic rings. The van der Waals surface area contributed by atoms with Crippen LogP contribution in [0.15, 0.2) is 77.8 Å². The SMILES string of the molecule is CN=Cc1cccc(-c2c3ccccc3cc3ccccc23)c1O. The Hall–Kier alpha value is -3.13. The Morgan fingerprint density at radius 3 is 2.04 bits per heavy atom. The average molecular weight is 311 g/mol. The molecule has 0 amide bonds. The summed E-state index contributed by atoms with van der Waals surface area (Å²) in [7, 11) is 1.71. The second kappa shape index (κ2) is 5.82. The fourth-order valence-electron chi connectivity index (χ4n) is 3.31. The van der Waals surface area contributed by atoms with Gasteiger partial charge in [-0.05, 0) is 33.7 Å². The van der Waals surface area contributed by atoms with E-state index in [0.29, 0.717) is 0 Å². The van der Waals surface area contributed by atoms with Crippen LogP contribution in [0.4, 0.5) is 0 Å². The van der Waals surface area contributed by atoms with Crippen molar-refractivity contribution < 1.29 is 5.11 Å². The topological polar surface area (TPSA) is 32.6 Å². The Morgan fingerprint density at radius 2 is 1.42 bits per heavy atom. The predicted octanol–water partition coefficient (Wildman–Crippen LogP) is 5.41. The van der Waals surface area contributed by atoms with E-state index in [0.717, 1.165) is 27.5 Å². The number of aliphatic imine (C=N–C) groups is 1. The van der Waals surface area contributed by atoms with Crippen molar-refractivity contribution in [3.8, 4) is 16.9 Å². The summed E-state index contributed by atoms with van der Waals surface area (Å²) in [6.45, 7) is 0. The smallest absolute Gasteiger partial charge is 0.132 e. The monoisotopic (exact) mass is 311 g/mol. The molecular formula is C22H17NO. The van der Waals surface area contributed by atoms with Gasteiger partial charge in [0.25, 0.3) is 0 Å². The highest BCUT2D eigenvalue weighted by Gasteiger charge is 2.14. The van der Waals surface area contributed by atoms with Crippen molar-refractivity contribution in [2.75, 3.05) is 7.05 Å². The molecule has 0 radical (unpaired) electrons. The lowest BCUT2D eigenvalue weighted by molar-refractivity contribution is 0.476. The third-order valence-electron chi connectivity index (χ3n) is 4.38. The minimum atomic E-state index is 0.268. The van der Waals surface area contributed by atoms with Gasteiger partial charge in [0.15, 0.2) is 0 Å². The van der Waals surface area contributed by atoms with Gasteiger partial charge in [-0.15, -0.1) is 0 Å². The first-order valence-electron chi connectivity index (χ1n) is 7.94. The molecule has 0 saturated heterocycles. The van der Waals surface area contributed by atoms with Crippen LogP contribution < -0.4 is 0 Å². The zero-order valence-corrected chi connectivity index (χ0v) is 13.4. The van der Waals surface area contributed by atoms with Crippen molar-refractivity contribution in [1.82, 2.24) is 0 Å². The molecule has 0 aliphatic carbocycles. The number of para-hydroxylation sites is 1. The van der Waals surface area contributed by atoms with Crippen LogP contribution in [0, 0.1) is 0 Å². The maximum atomic E-state index is 10.8. The molecule has 0 atom stereocenters. The van der Waals surface area contributed by atoms with Gasteiger partial charge in [0, 0.05) is 30.0 Å². The summed E-state index contributed by atoms with van der Waals surface area (Å²) in [5.41, 5.74) is 2.62. The first kappa shape index (κ1) is 14.5. The first-order valence-corrected chi connectivity index (χ1v) is 7.94. The van der Waals surface area contributed by atoms with Crippen molar-refractivity contribution in [2.24, 2.45) is 4.99 Å². The molecular weight excluding hydrogens is 294 g/mol. The molecule has 4 rings (SSSR count). The van der Waals surface area contributed by atoms with E-state index >= 15 is 0 Å². The lowest BCUT2D eigenvalue weighted by atomic mass is 9.91. The highest BCUT2D eigenvalue weighted by molar-refractivity contribution is 6.14. The Balaban J connectivity index is 2.17. The van der Waals surface area contributed by atoms with Crippen LogP contribution >= 0.6 is 0 Å². The molecule has 0 aliphatic heterocycles. The Bertz CT molecular complexity index is 1030. The van der Waals surface area contributed by atoms with Gasteiger partial charge in [0.05, 0.1) is 0 Å². The zero-order valence-electron chi connectivity index (χ0n) is 13.4. The molecule has 4 aromatic carbocycles. The maximum absolute atomic E-state index is 10.8. The number of aromatic hydroxyl groups is 1. The lowest BCUT2D eigenvalue weighted by Crippen LogP contribution is -1.89. The molecule has 0 saturated carbocycles. The zero-order chi connectivity index (χ0) is 16.5. The van der Waals surface area contributed by atoms with Gasteiger partial charge in [-0.2, -0.15) is 0 Å². The fraction of sp³-hybridized carbons (Fsp3) is 0.0455. The normalized spacial score (nSPS) is 11.5. The van der Waals surface area contributed by atoms with Crippen LogP contribution in [0.25, 0.3) is 32.7 Å². The van der Waals surface area contributed by atoms with E-state index in [9.17, 15) is 5.11 Å². The molecule has 116 valence electrons. The van der Waals surface area contributed by atoms with Gasteiger partial charge in [-0.25, -0.2) is 0 Å². The van der Waals surface area contributed by atoms with E-state index in [-0.39, 0.29) is 5.75 Å². The summed E-state index contributed by atoms with van der Waals surface area (Å²) in [5, 5.41) is 15.4. The number of hydrogen-bond donors (Lipinski definition) is 1. The highest BCUT2D eigenvalue weighted by atomic mass is 16.3. The molecule has 0 aromatic heterocycles. The highest BCUT2D eigenvalue weighted by Crippen LogP contribution is 2.41. The third kappa shape index (κ3) is 2.24. The van der Waals surface area contributed by atoms with Crippen LogP contribution in [-0.4, -0.2) is 18.4 Å². The van der Waals surface area contributed by atoms with Gasteiger partial charge < -0.3 is 5.11 Å². The number of phenols is 1. The molecule has 24 heavy (non-hydrogen) atoms. The molecule has 0 fully saturated rings. The van der Waals surface area contributed by atoms with E-state index in [2.05, 4.69) is 35.3 Å². The molecule has 4 aromatic rings. The Kier molecular flexibility index (Phi) is 3.51. The molecule has 0 spiro atoms. The number of benzene rings is 4. The van der Waals surface area contributed by atoms with Gasteiger partial charge in [-0.3, -0.25) is 4.99 Å². The summed E-state index contributed by atoms with van der Waals surface area (Å²) in [6, 6.07) is 24.6. The number of fused-ring (bicyclic) bond motifs is 2. The van der Waals surface area contributed by atoms with Crippen LogP contribution in [0.3, 0.4) is 0 Å².